The summed E-state index contributed by atoms with van der Waals surface area (Å²) >= 11 is 0. The van der Waals surface area contributed by atoms with Crippen LogP contribution in [0.25, 0.3) is 0 Å². The van der Waals surface area contributed by atoms with Gasteiger partial charge in [0, 0.05) is 50.9 Å². The van der Waals surface area contributed by atoms with E-state index < -0.39 is 0 Å². The molecule has 0 radical (unpaired) electrons. The van der Waals surface area contributed by atoms with Crippen LogP contribution in [0, 0.1) is 0 Å². The van der Waals surface area contributed by atoms with Crippen LogP contribution in [-0.4, -0.2) is 50.1 Å². The minimum absolute atomic E-state index is 0. The third-order valence-corrected chi connectivity index (χ3v) is 5.25. The second kappa shape index (κ2) is 8.75. The Bertz CT molecular complexity index is 711. The van der Waals surface area contributed by atoms with E-state index in [1.54, 1.807) is 0 Å². The standard InChI is InChI=1S/C21H26N4.HI/c1-22-21(23-20-16-19(20)17-8-4-2-5-9-17)25-14-12-24(13-15-25)18-10-6-3-7-11-18;/h2-11,19-20H,12-16H2,1H3,(H,22,23);1H. The molecule has 138 valence electrons. The molecule has 1 saturated carbocycles. The van der Waals surface area contributed by atoms with E-state index >= 15 is 0 Å². The first-order valence-corrected chi connectivity index (χ1v) is 9.18. The van der Waals surface area contributed by atoms with Gasteiger partial charge in [0.25, 0.3) is 0 Å². The van der Waals surface area contributed by atoms with Crippen LogP contribution in [0.15, 0.2) is 65.7 Å². The van der Waals surface area contributed by atoms with Crippen molar-refractivity contribution in [1.29, 1.82) is 0 Å². The zero-order valence-corrected chi connectivity index (χ0v) is 17.5. The Balaban J connectivity index is 0.00000196. The fourth-order valence-electron chi connectivity index (χ4n) is 3.70. The number of nitrogens with zero attached hydrogens (tertiary/aromatic N) is 3. The van der Waals surface area contributed by atoms with Gasteiger partial charge in [-0.1, -0.05) is 48.5 Å². The molecule has 26 heavy (non-hydrogen) atoms. The monoisotopic (exact) mass is 462 g/mol. The number of benzene rings is 2. The summed E-state index contributed by atoms with van der Waals surface area (Å²) in [4.78, 5) is 9.37. The molecule has 2 fully saturated rings. The van der Waals surface area contributed by atoms with Crippen molar-refractivity contribution in [3.8, 4) is 0 Å². The molecule has 0 aromatic heterocycles. The molecule has 2 atom stereocenters. The van der Waals surface area contributed by atoms with Crippen molar-refractivity contribution in [2.75, 3.05) is 38.1 Å². The first kappa shape index (κ1) is 19.0. The largest absolute Gasteiger partial charge is 0.368 e. The molecule has 0 spiro atoms. The number of rotatable bonds is 3. The molecule has 5 heteroatoms. The topological polar surface area (TPSA) is 30.9 Å². The summed E-state index contributed by atoms with van der Waals surface area (Å²) in [5.74, 6) is 1.68. The van der Waals surface area contributed by atoms with E-state index in [2.05, 4.69) is 80.8 Å². The quantitative estimate of drug-likeness (QED) is 0.430. The number of guanidine groups is 1. The predicted molar refractivity (Wildman–Crippen MR) is 120 cm³/mol. The van der Waals surface area contributed by atoms with Gasteiger partial charge in [0.1, 0.15) is 0 Å². The zero-order chi connectivity index (χ0) is 17.1. The third kappa shape index (κ3) is 4.31. The van der Waals surface area contributed by atoms with Crippen LogP contribution in [-0.2, 0) is 0 Å². The third-order valence-electron chi connectivity index (χ3n) is 5.25. The lowest BCUT2D eigenvalue weighted by molar-refractivity contribution is 0.372. The summed E-state index contributed by atoms with van der Waals surface area (Å²) in [5.41, 5.74) is 2.75. The SMILES string of the molecule is CN=C(NC1CC1c1ccccc1)N1CCN(c2ccccc2)CC1.I. The molecule has 1 saturated heterocycles. The molecule has 1 N–H and O–H groups in total. The van der Waals surface area contributed by atoms with E-state index in [-0.39, 0.29) is 24.0 Å². The Kier molecular flexibility index (Phi) is 6.40. The normalized spacial score (nSPS) is 22.6. The van der Waals surface area contributed by atoms with Crippen LogP contribution in [0.3, 0.4) is 0 Å². The molecule has 4 rings (SSSR count). The van der Waals surface area contributed by atoms with Gasteiger partial charge in [-0.05, 0) is 24.1 Å². The Morgan fingerprint density at radius 1 is 0.923 bits per heavy atom. The highest BCUT2D eigenvalue weighted by molar-refractivity contribution is 14.0. The zero-order valence-electron chi connectivity index (χ0n) is 15.2. The van der Waals surface area contributed by atoms with Crippen LogP contribution in [0.5, 0.6) is 0 Å². The van der Waals surface area contributed by atoms with Crippen LogP contribution < -0.4 is 10.2 Å². The average molecular weight is 462 g/mol. The van der Waals surface area contributed by atoms with Crippen LogP contribution in [0.1, 0.15) is 17.9 Å². The Labute approximate surface area is 173 Å². The second-order valence-electron chi connectivity index (χ2n) is 6.86. The highest BCUT2D eigenvalue weighted by atomic mass is 127. The number of hydrogen-bond acceptors (Lipinski definition) is 2. The second-order valence-corrected chi connectivity index (χ2v) is 6.86. The van der Waals surface area contributed by atoms with Crippen molar-refractivity contribution in [3.63, 3.8) is 0 Å². The van der Waals surface area contributed by atoms with Crippen molar-refractivity contribution in [2.45, 2.75) is 18.4 Å². The predicted octanol–water partition coefficient (Wildman–Crippen LogP) is 3.56. The summed E-state index contributed by atoms with van der Waals surface area (Å²) in [6.45, 7) is 4.10. The molecular weight excluding hydrogens is 435 g/mol. The van der Waals surface area contributed by atoms with Crippen LogP contribution >= 0.6 is 24.0 Å². The van der Waals surface area contributed by atoms with Gasteiger partial charge in [-0.25, -0.2) is 0 Å². The number of anilines is 1. The first-order chi connectivity index (χ1) is 12.3. The summed E-state index contributed by atoms with van der Waals surface area (Å²) in [6.07, 6.45) is 1.20. The highest BCUT2D eigenvalue weighted by Crippen LogP contribution is 2.40. The average Bonchev–Trinajstić information content (AvgIpc) is 3.47. The first-order valence-electron chi connectivity index (χ1n) is 9.18. The van der Waals surface area contributed by atoms with E-state index in [1.165, 1.54) is 17.7 Å². The van der Waals surface area contributed by atoms with Gasteiger partial charge in [-0.15, -0.1) is 24.0 Å². The van der Waals surface area contributed by atoms with Gasteiger partial charge >= 0.3 is 0 Å². The maximum Gasteiger partial charge on any atom is 0.194 e. The van der Waals surface area contributed by atoms with E-state index in [9.17, 15) is 0 Å². The van der Waals surface area contributed by atoms with E-state index in [0.717, 1.165) is 32.1 Å². The molecule has 2 aromatic carbocycles. The Morgan fingerprint density at radius 2 is 1.54 bits per heavy atom. The molecule has 1 heterocycles. The van der Waals surface area contributed by atoms with Crippen molar-refractivity contribution >= 4 is 35.6 Å². The van der Waals surface area contributed by atoms with E-state index in [1.807, 2.05) is 7.05 Å². The van der Waals surface area contributed by atoms with Crippen molar-refractivity contribution in [3.05, 3.63) is 66.2 Å². The number of halogens is 1. The smallest absolute Gasteiger partial charge is 0.194 e. The summed E-state index contributed by atoms with van der Waals surface area (Å²) in [6, 6.07) is 22.0. The van der Waals surface area contributed by atoms with Crippen molar-refractivity contribution < 1.29 is 0 Å². The molecule has 1 aliphatic heterocycles. The maximum absolute atomic E-state index is 4.53. The van der Waals surface area contributed by atoms with Gasteiger partial charge < -0.3 is 15.1 Å². The molecule has 2 aromatic rings. The van der Waals surface area contributed by atoms with E-state index in [0.29, 0.717) is 12.0 Å². The lowest BCUT2D eigenvalue weighted by Gasteiger charge is -2.37. The Morgan fingerprint density at radius 3 is 2.15 bits per heavy atom. The van der Waals surface area contributed by atoms with Gasteiger partial charge in [0.15, 0.2) is 5.96 Å². The van der Waals surface area contributed by atoms with Crippen molar-refractivity contribution in [1.82, 2.24) is 10.2 Å². The van der Waals surface area contributed by atoms with Crippen LogP contribution in [0.2, 0.25) is 0 Å². The van der Waals surface area contributed by atoms with Crippen molar-refractivity contribution in [2.24, 2.45) is 4.99 Å². The van der Waals surface area contributed by atoms with Gasteiger partial charge in [-0.2, -0.15) is 0 Å². The molecular formula is C21H27IN4. The molecule has 0 bridgehead atoms. The molecule has 0 amide bonds. The molecule has 1 aliphatic carbocycles. The highest BCUT2D eigenvalue weighted by Gasteiger charge is 2.39. The number of piperazine rings is 1. The van der Waals surface area contributed by atoms with Gasteiger partial charge in [0.2, 0.25) is 0 Å². The lowest BCUT2D eigenvalue weighted by atomic mass is 10.1. The summed E-state index contributed by atoms with van der Waals surface area (Å²) in [5, 5.41) is 3.67. The van der Waals surface area contributed by atoms with Crippen LogP contribution in [0.4, 0.5) is 5.69 Å². The number of para-hydroxylation sites is 1. The summed E-state index contributed by atoms with van der Waals surface area (Å²) < 4.78 is 0. The minimum atomic E-state index is 0. The van der Waals surface area contributed by atoms with Gasteiger partial charge in [-0.3, -0.25) is 4.99 Å². The fraction of sp³-hybridized carbons (Fsp3) is 0.381. The Hall–Kier alpha value is -1.76. The van der Waals surface area contributed by atoms with Gasteiger partial charge in [0.05, 0.1) is 0 Å². The number of hydrogen-bond donors (Lipinski definition) is 1. The lowest BCUT2D eigenvalue weighted by Crippen LogP contribution is -2.53. The molecule has 2 unspecified atom stereocenters. The number of nitrogens with one attached hydrogen (secondary N) is 1. The maximum atomic E-state index is 4.53. The summed E-state index contributed by atoms with van der Waals surface area (Å²) in [7, 11) is 1.89. The fourth-order valence-corrected chi connectivity index (χ4v) is 3.70. The number of aliphatic imine (C=N–C) groups is 1. The van der Waals surface area contributed by atoms with E-state index in [4.69, 9.17) is 0 Å². The molecule has 4 nitrogen and oxygen atoms in total. The minimum Gasteiger partial charge on any atom is -0.368 e. The molecule has 2 aliphatic rings.